The Bertz CT molecular complexity index is 1190. The number of benzene rings is 3. The average molecular weight is 516 g/mol. The van der Waals surface area contributed by atoms with Crippen LogP contribution in [-0.4, -0.2) is 17.6 Å². The summed E-state index contributed by atoms with van der Waals surface area (Å²) in [5.74, 6) is 0.258. The van der Waals surface area contributed by atoms with Gasteiger partial charge in [0.15, 0.2) is 5.70 Å². The van der Waals surface area contributed by atoms with Gasteiger partial charge in [0.25, 0.3) is 0 Å². The number of piperidine rings is 1. The maximum absolute atomic E-state index is 14.1. The number of hydrogen-bond donors (Lipinski definition) is 0. The third-order valence-corrected chi connectivity index (χ3v) is 6.27. The molecule has 0 radical (unpaired) electrons. The molecule has 0 unspecified atom stereocenters. The van der Waals surface area contributed by atoms with Crippen molar-refractivity contribution in [3.8, 4) is 0 Å². The minimum absolute atomic E-state index is 0. The molecule has 180 valence electrons. The molecule has 0 N–H and O–H groups in total. The molecular formula is C30H25CrNO4. The number of quaternary nitrogens is 1. The van der Waals surface area contributed by atoms with Crippen molar-refractivity contribution in [3.63, 3.8) is 0 Å². The fraction of sp³-hybridized carbons (Fsp3) is 0.167. The van der Waals surface area contributed by atoms with E-state index in [1.165, 1.54) is 12.1 Å². The van der Waals surface area contributed by atoms with Crippen LogP contribution in [0.2, 0.25) is 0 Å². The first-order valence-electron chi connectivity index (χ1n) is 11.1. The minimum Gasteiger partial charge on any atom is -0.830 e. The summed E-state index contributed by atoms with van der Waals surface area (Å²) in [6.45, 7) is 15.3. The predicted octanol–water partition coefficient (Wildman–Crippen LogP) is 5.18. The van der Waals surface area contributed by atoms with Crippen LogP contribution in [-0.2, 0) is 31.3 Å². The van der Waals surface area contributed by atoms with Gasteiger partial charge in [-0.25, -0.2) is 0 Å². The second kappa shape index (κ2) is 15.6. The Labute approximate surface area is 223 Å². The molecule has 0 atom stereocenters. The third-order valence-electron chi connectivity index (χ3n) is 6.27. The number of nitrogens with zero attached hydrogens (tertiary/aromatic N) is 1. The van der Waals surface area contributed by atoms with E-state index in [4.69, 9.17) is 14.0 Å². The van der Waals surface area contributed by atoms with Crippen molar-refractivity contribution in [1.29, 1.82) is 0 Å². The summed E-state index contributed by atoms with van der Waals surface area (Å²) in [4.78, 5) is 0. The molecule has 1 fully saturated rings. The zero-order chi connectivity index (χ0) is 25.7. The summed E-state index contributed by atoms with van der Waals surface area (Å²) in [5, 5.41) is 14.1. The fourth-order valence-corrected chi connectivity index (χ4v) is 4.98. The zero-order valence-electron chi connectivity index (χ0n) is 19.7. The Hall–Kier alpha value is -3.35. The number of hydrogen-bond acceptors (Lipinski definition) is 1. The first-order chi connectivity index (χ1) is 17.3. The minimum atomic E-state index is 0. The molecule has 0 aliphatic carbocycles. The normalized spacial score (nSPS) is 15.1. The Kier molecular flexibility index (Phi) is 13.3. The number of allylic oxidation sites excluding steroid dienone is 2. The van der Waals surface area contributed by atoms with Gasteiger partial charge >= 0.3 is 33.9 Å². The largest absolute Gasteiger partial charge is 0.830 e. The van der Waals surface area contributed by atoms with Crippen molar-refractivity contribution in [2.45, 2.75) is 19.3 Å². The molecule has 2 heterocycles. The first kappa shape index (κ1) is 30.7. The molecule has 2 aliphatic heterocycles. The summed E-state index contributed by atoms with van der Waals surface area (Å²) in [7, 11) is 0. The van der Waals surface area contributed by atoms with Gasteiger partial charge in [0, 0.05) is 28.5 Å². The Morgan fingerprint density at radius 3 is 1.31 bits per heavy atom. The maximum Gasteiger partial charge on any atom is 0.153 e. The SMILES string of the molecule is [C-]#[O+].[C-]#[O+].[C-]#[O+].[Cr].[O-]C1=C(c2ccccc2)C(c2ccccc2)=C(c2ccccc2)[N+]12CCCCC2. The standard InChI is InChI=1S/C27H25NO.3CO.Cr/c29-27-25(22-15-7-2-8-16-22)24(21-13-5-1-6-14-21)26(23-17-9-3-10-18-23)28(27)19-11-4-12-20-28;3*1-2;/h1-3,5-10,13-18H,4,11-12,19-20H2;;;;. The molecule has 1 saturated heterocycles. The quantitative estimate of drug-likeness (QED) is 0.269. The van der Waals surface area contributed by atoms with Gasteiger partial charge in [0.2, 0.25) is 0 Å². The molecule has 6 heteroatoms. The molecule has 1 spiro atoms. The van der Waals surface area contributed by atoms with E-state index in [1.54, 1.807) is 0 Å². The molecule has 0 amide bonds. The van der Waals surface area contributed by atoms with Gasteiger partial charge in [0.1, 0.15) is 0 Å². The van der Waals surface area contributed by atoms with E-state index in [0.29, 0.717) is 4.48 Å². The number of rotatable bonds is 3. The predicted molar refractivity (Wildman–Crippen MR) is 129 cm³/mol. The van der Waals surface area contributed by atoms with Crippen molar-refractivity contribution < 1.29 is 40.9 Å². The van der Waals surface area contributed by atoms with Crippen LogP contribution in [0.25, 0.3) is 16.8 Å². The van der Waals surface area contributed by atoms with Crippen molar-refractivity contribution in [3.05, 3.63) is 134 Å². The molecule has 0 saturated carbocycles. The van der Waals surface area contributed by atoms with Crippen LogP contribution in [0.1, 0.15) is 36.0 Å². The summed E-state index contributed by atoms with van der Waals surface area (Å²) in [6.07, 6.45) is 3.38. The maximum atomic E-state index is 14.1. The van der Waals surface area contributed by atoms with Gasteiger partial charge in [-0.15, -0.1) is 0 Å². The van der Waals surface area contributed by atoms with Gasteiger partial charge < -0.3 is 5.11 Å². The second-order valence-corrected chi connectivity index (χ2v) is 7.98. The van der Waals surface area contributed by atoms with Gasteiger partial charge in [-0.05, 0) is 42.5 Å². The molecule has 2 aliphatic rings. The Morgan fingerprint density at radius 1 is 0.528 bits per heavy atom. The van der Waals surface area contributed by atoms with E-state index in [9.17, 15) is 5.11 Å². The van der Waals surface area contributed by atoms with Crippen LogP contribution in [0.5, 0.6) is 0 Å². The van der Waals surface area contributed by atoms with E-state index in [1.807, 2.05) is 30.3 Å². The van der Waals surface area contributed by atoms with E-state index in [2.05, 4.69) is 80.6 Å². The molecular weight excluding hydrogens is 490 g/mol. The summed E-state index contributed by atoms with van der Waals surface area (Å²) in [5.41, 5.74) is 6.46. The summed E-state index contributed by atoms with van der Waals surface area (Å²) in [6, 6.07) is 31.2. The molecule has 3 aromatic carbocycles. The van der Waals surface area contributed by atoms with Crippen molar-refractivity contribution >= 4 is 16.8 Å². The van der Waals surface area contributed by atoms with Crippen LogP contribution in [0.3, 0.4) is 0 Å². The van der Waals surface area contributed by atoms with Crippen molar-refractivity contribution in [2.75, 3.05) is 13.1 Å². The van der Waals surface area contributed by atoms with Gasteiger partial charge in [-0.3, -0.25) is 4.48 Å². The van der Waals surface area contributed by atoms with E-state index < -0.39 is 0 Å². The van der Waals surface area contributed by atoms with Crippen LogP contribution >= 0.6 is 0 Å². The van der Waals surface area contributed by atoms with Gasteiger partial charge in [-0.2, -0.15) is 0 Å². The fourth-order valence-electron chi connectivity index (χ4n) is 4.98. The average Bonchev–Trinajstić information content (AvgIpc) is 3.21. The summed E-state index contributed by atoms with van der Waals surface area (Å²) < 4.78 is 23.0. The molecule has 5 nitrogen and oxygen atoms in total. The van der Waals surface area contributed by atoms with E-state index in [0.717, 1.165) is 53.8 Å². The molecule has 5 rings (SSSR count). The third kappa shape index (κ3) is 6.07. The summed E-state index contributed by atoms with van der Waals surface area (Å²) >= 11 is 0. The van der Waals surface area contributed by atoms with Crippen LogP contribution in [0, 0.1) is 20.0 Å². The van der Waals surface area contributed by atoms with Gasteiger partial charge in [0.05, 0.1) is 24.5 Å². The van der Waals surface area contributed by atoms with E-state index >= 15 is 0 Å². The Balaban J connectivity index is 0.000000864. The molecule has 3 aromatic rings. The smallest absolute Gasteiger partial charge is 0.153 e. The van der Waals surface area contributed by atoms with Gasteiger partial charge in [-0.1, -0.05) is 78.9 Å². The van der Waals surface area contributed by atoms with Crippen molar-refractivity contribution in [1.82, 2.24) is 0 Å². The first-order valence-corrected chi connectivity index (χ1v) is 11.1. The Morgan fingerprint density at radius 2 is 0.889 bits per heavy atom. The second-order valence-electron chi connectivity index (χ2n) is 7.98. The zero-order valence-corrected chi connectivity index (χ0v) is 21.0. The van der Waals surface area contributed by atoms with E-state index in [-0.39, 0.29) is 23.2 Å². The topological polar surface area (TPSA) is 82.8 Å². The monoisotopic (exact) mass is 515 g/mol. The molecule has 0 aromatic heterocycles. The molecule has 36 heavy (non-hydrogen) atoms. The van der Waals surface area contributed by atoms with Crippen LogP contribution in [0.4, 0.5) is 0 Å². The van der Waals surface area contributed by atoms with Crippen LogP contribution < -0.4 is 5.11 Å². The van der Waals surface area contributed by atoms with Crippen LogP contribution in [0.15, 0.2) is 96.9 Å². The van der Waals surface area contributed by atoms with Crippen molar-refractivity contribution in [2.24, 2.45) is 0 Å². The molecule has 0 bridgehead atoms.